The van der Waals surface area contributed by atoms with Crippen LogP contribution in [0.5, 0.6) is 6.01 Å². The first-order valence-electron chi connectivity index (χ1n) is 5.82. The average Bonchev–Trinajstić information content (AvgIpc) is 2.31. The molecule has 2 rings (SSSR count). The van der Waals surface area contributed by atoms with Crippen LogP contribution in [-0.2, 0) is 0 Å². The summed E-state index contributed by atoms with van der Waals surface area (Å²) in [6.07, 6.45) is 2.39. The fourth-order valence-electron chi connectivity index (χ4n) is 2.11. The maximum Gasteiger partial charge on any atom is 0.322 e. The highest BCUT2D eigenvalue weighted by atomic mass is 35.5. The molecule has 6 heteroatoms. The summed E-state index contributed by atoms with van der Waals surface area (Å²) in [6.45, 7) is 5.36. The van der Waals surface area contributed by atoms with Crippen LogP contribution in [0, 0.1) is 5.92 Å². The molecule has 1 aromatic rings. The van der Waals surface area contributed by atoms with Crippen molar-refractivity contribution in [2.45, 2.75) is 32.7 Å². The van der Waals surface area contributed by atoms with Crippen LogP contribution < -0.4 is 9.64 Å². The van der Waals surface area contributed by atoms with E-state index in [1.165, 1.54) is 13.5 Å². The fourth-order valence-corrected chi connectivity index (χ4v) is 2.26. The number of anilines is 1. The van der Waals surface area contributed by atoms with E-state index in [4.69, 9.17) is 16.3 Å². The molecule has 1 saturated heterocycles. The van der Waals surface area contributed by atoms with Crippen molar-refractivity contribution in [1.82, 2.24) is 15.0 Å². The SMILES string of the molecule is COc1nc(Cl)nc(N2CC(C)CCC2C)n1. The molecule has 0 radical (unpaired) electrons. The van der Waals surface area contributed by atoms with Crippen LogP contribution in [0.2, 0.25) is 5.28 Å². The Morgan fingerprint density at radius 3 is 2.71 bits per heavy atom. The zero-order valence-electron chi connectivity index (χ0n) is 10.4. The van der Waals surface area contributed by atoms with Gasteiger partial charge in [-0.25, -0.2) is 0 Å². The normalized spacial score (nSPS) is 24.8. The van der Waals surface area contributed by atoms with Gasteiger partial charge in [0.15, 0.2) is 0 Å². The van der Waals surface area contributed by atoms with Crippen molar-refractivity contribution >= 4 is 17.5 Å². The molecule has 17 heavy (non-hydrogen) atoms. The first-order valence-corrected chi connectivity index (χ1v) is 6.20. The van der Waals surface area contributed by atoms with E-state index in [9.17, 15) is 0 Å². The molecule has 0 N–H and O–H groups in total. The van der Waals surface area contributed by atoms with Crippen LogP contribution in [0.1, 0.15) is 26.7 Å². The molecule has 0 spiro atoms. The summed E-state index contributed by atoms with van der Waals surface area (Å²) < 4.78 is 5.02. The Bertz CT molecular complexity index is 401. The number of nitrogens with zero attached hydrogens (tertiary/aromatic N) is 4. The summed E-state index contributed by atoms with van der Waals surface area (Å²) in [4.78, 5) is 14.5. The average molecular weight is 257 g/mol. The molecular formula is C11H17ClN4O. The second kappa shape index (κ2) is 5.04. The topological polar surface area (TPSA) is 51.1 Å². The third-order valence-corrected chi connectivity index (χ3v) is 3.30. The van der Waals surface area contributed by atoms with Crippen LogP contribution in [0.4, 0.5) is 5.95 Å². The minimum Gasteiger partial charge on any atom is -0.467 e. The van der Waals surface area contributed by atoms with E-state index < -0.39 is 0 Å². The van der Waals surface area contributed by atoms with Gasteiger partial charge in [0.2, 0.25) is 11.2 Å². The Hall–Kier alpha value is -1.10. The number of rotatable bonds is 2. The van der Waals surface area contributed by atoms with E-state index in [0.717, 1.165) is 13.0 Å². The predicted octanol–water partition coefficient (Wildman–Crippen LogP) is 2.16. The molecule has 0 aliphatic carbocycles. The minimum absolute atomic E-state index is 0.178. The molecule has 1 aliphatic rings. The molecule has 0 aromatic carbocycles. The van der Waals surface area contributed by atoms with Gasteiger partial charge >= 0.3 is 6.01 Å². The van der Waals surface area contributed by atoms with E-state index >= 15 is 0 Å². The largest absolute Gasteiger partial charge is 0.467 e. The highest BCUT2D eigenvalue weighted by Gasteiger charge is 2.25. The molecule has 1 aromatic heterocycles. The molecule has 0 bridgehead atoms. The van der Waals surface area contributed by atoms with Crippen molar-refractivity contribution in [3.63, 3.8) is 0 Å². The van der Waals surface area contributed by atoms with E-state index in [2.05, 4.69) is 33.7 Å². The van der Waals surface area contributed by atoms with Gasteiger partial charge in [-0.15, -0.1) is 0 Å². The molecule has 1 aliphatic heterocycles. The monoisotopic (exact) mass is 256 g/mol. The maximum absolute atomic E-state index is 5.86. The summed E-state index contributed by atoms with van der Waals surface area (Å²) in [5, 5.41) is 0.178. The Labute approximate surface area is 106 Å². The first kappa shape index (κ1) is 12.4. The van der Waals surface area contributed by atoms with Crippen LogP contribution in [0.3, 0.4) is 0 Å². The third kappa shape index (κ3) is 2.77. The van der Waals surface area contributed by atoms with E-state index in [0.29, 0.717) is 17.9 Å². The lowest BCUT2D eigenvalue weighted by Crippen LogP contribution is -2.42. The van der Waals surface area contributed by atoms with Gasteiger partial charge in [-0.05, 0) is 37.3 Å². The van der Waals surface area contributed by atoms with Crippen LogP contribution >= 0.6 is 11.6 Å². The maximum atomic E-state index is 5.86. The fraction of sp³-hybridized carbons (Fsp3) is 0.727. The summed E-state index contributed by atoms with van der Waals surface area (Å²) in [6, 6.07) is 0.694. The number of aromatic nitrogens is 3. The van der Waals surface area contributed by atoms with Crippen molar-refractivity contribution in [2.75, 3.05) is 18.6 Å². The molecule has 5 nitrogen and oxygen atoms in total. The van der Waals surface area contributed by atoms with E-state index in [1.54, 1.807) is 0 Å². The zero-order valence-corrected chi connectivity index (χ0v) is 11.1. The predicted molar refractivity (Wildman–Crippen MR) is 66.6 cm³/mol. The van der Waals surface area contributed by atoms with Gasteiger partial charge in [-0.1, -0.05) is 6.92 Å². The molecule has 94 valence electrons. The van der Waals surface area contributed by atoms with Gasteiger partial charge in [-0.2, -0.15) is 15.0 Å². The van der Waals surface area contributed by atoms with Gasteiger partial charge in [0.05, 0.1) is 7.11 Å². The molecular weight excluding hydrogens is 240 g/mol. The number of ether oxygens (including phenoxy) is 1. The van der Waals surface area contributed by atoms with Gasteiger partial charge in [0.1, 0.15) is 0 Å². The Kier molecular flexibility index (Phi) is 3.66. The number of piperidine rings is 1. The minimum atomic E-state index is 0.178. The van der Waals surface area contributed by atoms with E-state index in [1.807, 2.05) is 0 Å². The first-order chi connectivity index (χ1) is 8.10. The van der Waals surface area contributed by atoms with Crippen molar-refractivity contribution < 1.29 is 4.74 Å². The van der Waals surface area contributed by atoms with Crippen molar-refractivity contribution in [2.24, 2.45) is 5.92 Å². The van der Waals surface area contributed by atoms with Gasteiger partial charge in [-0.3, -0.25) is 0 Å². The number of halogens is 1. The molecule has 1 fully saturated rings. The van der Waals surface area contributed by atoms with Gasteiger partial charge < -0.3 is 9.64 Å². The molecule has 0 saturated carbocycles. The molecule has 2 heterocycles. The second-order valence-corrected chi connectivity index (χ2v) is 4.91. The summed E-state index contributed by atoms with van der Waals surface area (Å²) in [5.74, 6) is 1.26. The smallest absolute Gasteiger partial charge is 0.322 e. The van der Waals surface area contributed by atoms with Crippen LogP contribution in [0.15, 0.2) is 0 Å². The summed E-state index contributed by atoms with van der Waals surface area (Å²) in [7, 11) is 1.53. The second-order valence-electron chi connectivity index (χ2n) is 4.58. The Morgan fingerprint density at radius 1 is 1.24 bits per heavy atom. The highest BCUT2D eigenvalue weighted by Crippen LogP contribution is 2.26. The quantitative estimate of drug-likeness (QED) is 0.812. The number of methoxy groups -OCH3 is 1. The summed E-state index contributed by atoms with van der Waals surface area (Å²) >= 11 is 5.86. The zero-order chi connectivity index (χ0) is 12.4. The highest BCUT2D eigenvalue weighted by molar-refractivity contribution is 6.28. The lowest BCUT2D eigenvalue weighted by molar-refractivity contribution is 0.366. The molecule has 0 amide bonds. The van der Waals surface area contributed by atoms with Gasteiger partial charge in [0, 0.05) is 12.6 Å². The number of hydrogen-bond donors (Lipinski definition) is 0. The summed E-state index contributed by atoms with van der Waals surface area (Å²) in [5.41, 5.74) is 0. The lowest BCUT2D eigenvalue weighted by atomic mass is 9.95. The van der Waals surface area contributed by atoms with Crippen molar-refractivity contribution in [3.8, 4) is 6.01 Å². The van der Waals surface area contributed by atoms with E-state index in [-0.39, 0.29) is 11.3 Å². The standard InChI is InChI=1S/C11H17ClN4O/c1-7-4-5-8(2)16(6-7)10-13-9(12)14-11(15-10)17-3/h7-8H,4-6H2,1-3H3. The lowest BCUT2D eigenvalue weighted by Gasteiger charge is -2.36. The van der Waals surface area contributed by atoms with Crippen LogP contribution in [-0.4, -0.2) is 34.6 Å². The number of hydrogen-bond acceptors (Lipinski definition) is 5. The van der Waals surface area contributed by atoms with Crippen LogP contribution in [0.25, 0.3) is 0 Å². The van der Waals surface area contributed by atoms with Crippen molar-refractivity contribution in [1.29, 1.82) is 0 Å². The Morgan fingerprint density at radius 2 is 2.00 bits per heavy atom. The Balaban J connectivity index is 2.28. The third-order valence-electron chi connectivity index (χ3n) is 3.13. The van der Waals surface area contributed by atoms with Crippen molar-refractivity contribution in [3.05, 3.63) is 5.28 Å². The molecule has 2 atom stereocenters. The van der Waals surface area contributed by atoms with Gasteiger partial charge in [0.25, 0.3) is 0 Å². The molecule has 2 unspecified atom stereocenters.